The van der Waals surface area contributed by atoms with Crippen molar-refractivity contribution in [2.24, 2.45) is 5.73 Å². The number of carbonyl (C=O) groups excluding carboxylic acids is 2. The Morgan fingerprint density at radius 2 is 1.81 bits per heavy atom. The van der Waals surface area contributed by atoms with Gasteiger partial charge in [0.15, 0.2) is 0 Å². The SMILES string of the molecule is NC(=O)c1cccc2c1ccn2OC(=O)c1ccc(F)c(C(F)(F)F)c1. The molecule has 0 unspecified atom stereocenters. The van der Waals surface area contributed by atoms with Crippen molar-refractivity contribution in [1.29, 1.82) is 0 Å². The molecule has 0 fully saturated rings. The van der Waals surface area contributed by atoms with Crippen LogP contribution in [0, 0.1) is 5.82 Å². The molecule has 26 heavy (non-hydrogen) atoms. The third-order valence-electron chi connectivity index (χ3n) is 3.65. The summed E-state index contributed by atoms with van der Waals surface area (Å²) >= 11 is 0. The Bertz CT molecular complexity index is 1020. The van der Waals surface area contributed by atoms with Crippen LogP contribution in [0.3, 0.4) is 0 Å². The zero-order valence-electron chi connectivity index (χ0n) is 12.9. The molecule has 0 saturated carbocycles. The monoisotopic (exact) mass is 366 g/mol. The normalized spacial score (nSPS) is 11.5. The smallest absolute Gasteiger partial charge is 0.366 e. The fourth-order valence-corrected chi connectivity index (χ4v) is 2.45. The van der Waals surface area contributed by atoms with Crippen molar-refractivity contribution in [3.8, 4) is 0 Å². The second kappa shape index (κ2) is 6.17. The predicted octanol–water partition coefficient (Wildman–Crippen LogP) is 3.17. The summed E-state index contributed by atoms with van der Waals surface area (Å²) in [4.78, 5) is 28.6. The van der Waals surface area contributed by atoms with E-state index in [1.165, 1.54) is 30.5 Å². The minimum atomic E-state index is -4.95. The molecular formula is C17H10F4N2O3. The average molecular weight is 366 g/mol. The van der Waals surface area contributed by atoms with Gasteiger partial charge in [-0.1, -0.05) is 6.07 Å². The molecule has 0 radical (unpaired) electrons. The summed E-state index contributed by atoms with van der Waals surface area (Å²) in [6.07, 6.45) is -3.64. The summed E-state index contributed by atoms with van der Waals surface area (Å²) in [5.74, 6) is -3.31. The molecule has 2 aromatic carbocycles. The number of fused-ring (bicyclic) bond motifs is 1. The molecule has 0 aliphatic carbocycles. The Labute approximate surface area is 143 Å². The van der Waals surface area contributed by atoms with Crippen LogP contribution in [0.5, 0.6) is 0 Å². The summed E-state index contributed by atoms with van der Waals surface area (Å²) in [7, 11) is 0. The first-order valence-corrected chi connectivity index (χ1v) is 7.18. The van der Waals surface area contributed by atoms with E-state index >= 15 is 0 Å². The van der Waals surface area contributed by atoms with Crippen LogP contribution in [0.2, 0.25) is 0 Å². The van der Waals surface area contributed by atoms with Gasteiger partial charge < -0.3 is 10.6 Å². The molecule has 3 aromatic rings. The topological polar surface area (TPSA) is 74.3 Å². The lowest BCUT2D eigenvalue weighted by molar-refractivity contribution is -0.140. The molecule has 5 nitrogen and oxygen atoms in total. The fourth-order valence-electron chi connectivity index (χ4n) is 2.45. The van der Waals surface area contributed by atoms with E-state index in [4.69, 9.17) is 10.6 Å². The molecule has 0 saturated heterocycles. The molecule has 1 heterocycles. The van der Waals surface area contributed by atoms with Gasteiger partial charge in [0.1, 0.15) is 5.82 Å². The van der Waals surface area contributed by atoms with E-state index < -0.39 is 35.0 Å². The number of halogens is 4. The average Bonchev–Trinajstić information content (AvgIpc) is 2.97. The van der Waals surface area contributed by atoms with Gasteiger partial charge in [0.2, 0.25) is 5.91 Å². The van der Waals surface area contributed by atoms with Gasteiger partial charge in [-0.3, -0.25) is 4.79 Å². The molecule has 0 atom stereocenters. The zero-order valence-corrected chi connectivity index (χ0v) is 12.9. The van der Waals surface area contributed by atoms with Crippen LogP contribution in [0.15, 0.2) is 48.7 Å². The minimum Gasteiger partial charge on any atom is -0.366 e. The standard InChI is InChI=1S/C17H10F4N2O3/c18-13-5-4-9(8-12(13)17(19,20)21)16(25)26-23-7-6-10-11(15(22)24)2-1-3-14(10)23/h1-8H,(H2,22,24). The van der Waals surface area contributed by atoms with Gasteiger partial charge in [0, 0.05) is 17.1 Å². The molecule has 0 spiro atoms. The van der Waals surface area contributed by atoms with E-state index in [2.05, 4.69) is 0 Å². The number of carbonyl (C=O) groups is 2. The first-order chi connectivity index (χ1) is 12.2. The van der Waals surface area contributed by atoms with Crippen molar-refractivity contribution < 1.29 is 32.0 Å². The predicted molar refractivity (Wildman–Crippen MR) is 82.8 cm³/mol. The van der Waals surface area contributed by atoms with Crippen LogP contribution in [0.4, 0.5) is 17.6 Å². The van der Waals surface area contributed by atoms with Gasteiger partial charge in [0.05, 0.1) is 16.6 Å². The molecule has 1 amide bonds. The largest absolute Gasteiger partial charge is 0.419 e. The molecule has 0 bridgehead atoms. The number of aromatic nitrogens is 1. The number of amides is 1. The van der Waals surface area contributed by atoms with Gasteiger partial charge in [0.25, 0.3) is 0 Å². The maximum Gasteiger partial charge on any atom is 0.419 e. The number of rotatable bonds is 3. The highest BCUT2D eigenvalue weighted by Gasteiger charge is 2.35. The van der Waals surface area contributed by atoms with Crippen molar-refractivity contribution in [3.63, 3.8) is 0 Å². The van der Waals surface area contributed by atoms with Crippen LogP contribution in [-0.4, -0.2) is 16.6 Å². The van der Waals surface area contributed by atoms with Crippen LogP contribution in [-0.2, 0) is 6.18 Å². The highest BCUT2D eigenvalue weighted by atomic mass is 19.4. The van der Waals surface area contributed by atoms with Gasteiger partial charge in [-0.25, -0.2) is 9.18 Å². The summed E-state index contributed by atoms with van der Waals surface area (Å²) in [6, 6.07) is 7.78. The Balaban J connectivity index is 1.95. The summed E-state index contributed by atoms with van der Waals surface area (Å²) in [6.45, 7) is 0. The highest BCUT2D eigenvalue weighted by Crippen LogP contribution is 2.32. The molecule has 134 valence electrons. The van der Waals surface area contributed by atoms with Gasteiger partial charge >= 0.3 is 12.1 Å². The zero-order chi connectivity index (χ0) is 19.1. The Kier molecular flexibility index (Phi) is 4.15. The second-order valence-electron chi connectivity index (χ2n) is 5.32. The van der Waals surface area contributed by atoms with E-state index in [-0.39, 0.29) is 5.56 Å². The van der Waals surface area contributed by atoms with Crippen molar-refractivity contribution in [1.82, 2.24) is 4.73 Å². The van der Waals surface area contributed by atoms with E-state index in [0.717, 1.165) is 10.8 Å². The van der Waals surface area contributed by atoms with E-state index in [9.17, 15) is 27.2 Å². The lowest BCUT2D eigenvalue weighted by Gasteiger charge is -2.10. The summed E-state index contributed by atoms with van der Waals surface area (Å²) in [5, 5.41) is 0.405. The summed E-state index contributed by atoms with van der Waals surface area (Å²) in [5.41, 5.74) is 3.71. The van der Waals surface area contributed by atoms with Crippen LogP contribution in [0.25, 0.3) is 10.9 Å². The molecule has 2 N–H and O–H groups in total. The minimum absolute atomic E-state index is 0.193. The Hall–Kier alpha value is -3.36. The van der Waals surface area contributed by atoms with Crippen molar-refractivity contribution in [3.05, 3.63) is 71.2 Å². The van der Waals surface area contributed by atoms with E-state index in [0.29, 0.717) is 23.0 Å². The first kappa shape index (κ1) is 17.5. The highest BCUT2D eigenvalue weighted by molar-refractivity contribution is 6.05. The number of alkyl halides is 3. The molecule has 0 aliphatic rings. The fraction of sp³-hybridized carbons (Fsp3) is 0.0588. The number of nitrogens with two attached hydrogens (primary N) is 1. The van der Waals surface area contributed by atoms with Gasteiger partial charge in [-0.05, 0) is 36.4 Å². The van der Waals surface area contributed by atoms with Crippen molar-refractivity contribution in [2.45, 2.75) is 6.18 Å². The Morgan fingerprint density at radius 3 is 2.46 bits per heavy atom. The number of benzene rings is 2. The molecule has 1 aromatic heterocycles. The third kappa shape index (κ3) is 3.10. The van der Waals surface area contributed by atoms with Crippen LogP contribution >= 0.6 is 0 Å². The molecule has 3 rings (SSSR count). The number of hydrogen-bond donors (Lipinski definition) is 1. The number of hydrogen-bond acceptors (Lipinski definition) is 3. The molecule has 9 heteroatoms. The van der Waals surface area contributed by atoms with Gasteiger partial charge in [-0.15, -0.1) is 0 Å². The van der Waals surface area contributed by atoms with Crippen LogP contribution in [0.1, 0.15) is 26.3 Å². The number of primary amides is 1. The quantitative estimate of drug-likeness (QED) is 0.724. The van der Waals surface area contributed by atoms with E-state index in [1.807, 2.05) is 0 Å². The lowest BCUT2D eigenvalue weighted by Crippen LogP contribution is -2.20. The Morgan fingerprint density at radius 1 is 1.08 bits per heavy atom. The van der Waals surface area contributed by atoms with Crippen molar-refractivity contribution >= 4 is 22.8 Å². The first-order valence-electron chi connectivity index (χ1n) is 7.18. The maximum absolute atomic E-state index is 13.3. The van der Waals surface area contributed by atoms with Crippen LogP contribution < -0.4 is 10.6 Å². The third-order valence-corrected chi connectivity index (χ3v) is 3.65. The molecular weight excluding hydrogens is 356 g/mol. The lowest BCUT2D eigenvalue weighted by atomic mass is 10.1. The number of nitrogens with zero attached hydrogens (tertiary/aromatic N) is 1. The van der Waals surface area contributed by atoms with E-state index in [1.54, 1.807) is 0 Å². The van der Waals surface area contributed by atoms with Crippen molar-refractivity contribution in [2.75, 3.05) is 0 Å². The second-order valence-corrected chi connectivity index (χ2v) is 5.32. The summed E-state index contributed by atoms with van der Waals surface area (Å²) < 4.78 is 52.6. The molecule has 0 aliphatic heterocycles. The van der Waals surface area contributed by atoms with Gasteiger partial charge in [-0.2, -0.15) is 17.9 Å². The maximum atomic E-state index is 13.3.